The molecule has 0 aromatic heterocycles. The maximum Gasteiger partial charge on any atom is 0.104 e. The molecule has 0 aromatic carbocycles. The summed E-state index contributed by atoms with van der Waals surface area (Å²) in [6.45, 7) is 7.53. The second-order valence-electron chi connectivity index (χ2n) is 12.1. The van der Waals surface area contributed by atoms with Crippen LogP contribution in [0.25, 0.3) is 0 Å². The molecule has 0 aliphatic heterocycles. The van der Waals surface area contributed by atoms with Crippen LogP contribution in [0.1, 0.15) is 194 Å². The molecule has 0 fully saturated rings. The van der Waals surface area contributed by atoms with E-state index < -0.39 is 0 Å². The minimum Gasteiger partial charge on any atom is -0.379 e. The van der Waals surface area contributed by atoms with Crippen molar-refractivity contribution in [1.82, 2.24) is 0 Å². The molecule has 0 aliphatic rings. The maximum absolute atomic E-state index is 6.05. The summed E-state index contributed by atoms with van der Waals surface area (Å²) >= 11 is 0. The molecule has 4 heteroatoms. The highest BCUT2D eigenvalue weighted by Gasteiger charge is 2.09. The van der Waals surface area contributed by atoms with Crippen LogP contribution in [-0.4, -0.2) is 32.5 Å². The van der Waals surface area contributed by atoms with Crippen LogP contribution >= 0.6 is 9.47 Å². The molecule has 39 heavy (non-hydrogen) atoms. The van der Waals surface area contributed by atoms with Gasteiger partial charge in [0.05, 0.1) is 13.2 Å². The number of unbranched alkanes of at least 4 members (excludes halogenated alkanes) is 26. The third-order valence-electron chi connectivity index (χ3n) is 8.08. The Kier molecular flexibility index (Phi) is 36.6. The van der Waals surface area contributed by atoms with Gasteiger partial charge in [0.15, 0.2) is 0 Å². The Labute approximate surface area is 249 Å². The van der Waals surface area contributed by atoms with Crippen molar-refractivity contribution < 1.29 is 14.0 Å². The lowest BCUT2D eigenvalue weighted by atomic mass is 10.0. The predicted octanol–water partition coefficient (Wildman–Crippen LogP) is 12.2. The lowest BCUT2D eigenvalue weighted by molar-refractivity contribution is -0.0362. The van der Waals surface area contributed by atoms with Gasteiger partial charge in [-0.25, -0.2) is 0 Å². The molecule has 0 rings (SSSR count). The first-order valence-electron chi connectivity index (χ1n) is 17.9. The molecular formula is C35H73O3P. The van der Waals surface area contributed by atoms with E-state index in [0.717, 1.165) is 19.6 Å². The maximum atomic E-state index is 6.05. The molecule has 0 N–H and O–H groups in total. The molecule has 0 spiro atoms. The lowest BCUT2D eigenvalue weighted by Gasteiger charge is -2.17. The average molecular weight is 573 g/mol. The summed E-state index contributed by atoms with van der Waals surface area (Å²) < 4.78 is 17.2. The van der Waals surface area contributed by atoms with Crippen molar-refractivity contribution in [2.75, 3.05) is 26.4 Å². The van der Waals surface area contributed by atoms with Crippen LogP contribution in [0, 0.1) is 0 Å². The lowest BCUT2D eigenvalue weighted by Crippen LogP contribution is -2.25. The van der Waals surface area contributed by atoms with E-state index in [1.54, 1.807) is 0 Å². The van der Waals surface area contributed by atoms with Gasteiger partial charge in [0.1, 0.15) is 6.10 Å². The van der Waals surface area contributed by atoms with Crippen LogP contribution in [0.4, 0.5) is 0 Å². The normalized spacial score (nSPS) is 12.4. The quantitative estimate of drug-likeness (QED) is 0.0558. The third kappa shape index (κ3) is 34.4. The van der Waals surface area contributed by atoms with Gasteiger partial charge in [0, 0.05) is 22.7 Å². The first-order chi connectivity index (χ1) is 19.3. The van der Waals surface area contributed by atoms with E-state index in [-0.39, 0.29) is 6.10 Å². The van der Waals surface area contributed by atoms with Gasteiger partial charge in [-0.3, -0.25) is 0 Å². The fraction of sp³-hybridized carbons (Fsp3) is 1.00. The van der Waals surface area contributed by atoms with Crippen molar-refractivity contribution in [3.8, 4) is 0 Å². The first kappa shape index (κ1) is 39.3. The van der Waals surface area contributed by atoms with Crippen molar-refractivity contribution in [2.24, 2.45) is 0 Å². The van der Waals surface area contributed by atoms with Crippen molar-refractivity contribution >= 4 is 9.47 Å². The number of hydrogen-bond donors (Lipinski definition) is 0. The Morgan fingerprint density at radius 1 is 0.385 bits per heavy atom. The van der Waals surface area contributed by atoms with Crippen molar-refractivity contribution in [3.05, 3.63) is 0 Å². The molecule has 0 aromatic rings. The minimum absolute atomic E-state index is 0.0658. The van der Waals surface area contributed by atoms with E-state index in [2.05, 4.69) is 23.3 Å². The summed E-state index contributed by atoms with van der Waals surface area (Å²) in [7, 11) is 2.35. The van der Waals surface area contributed by atoms with E-state index in [0.29, 0.717) is 13.2 Å². The molecule has 236 valence electrons. The van der Waals surface area contributed by atoms with Crippen molar-refractivity contribution in [1.29, 1.82) is 0 Å². The average Bonchev–Trinajstić information content (AvgIpc) is 2.94. The second kappa shape index (κ2) is 36.3. The van der Waals surface area contributed by atoms with Crippen molar-refractivity contribution in [3.63, 3.8) is 0 Å². The van der Waals surface area contributed by atoms with E-state index >= 15 is 0 Å². The van der Waals surface area contributed by atoms with E-state index in [4.69, 9.17) is 14.0 Å². The molecule has 0 bridgehead atoms. The van der Waals surface area contributed by atoms with Gasteiger partial charge in [0.2, 0.25) is 0 Å². The Morgan fingerprint density at radius 3 is 1.03 bits per heavy atom. The second-order valence-corrected chi connectivity index (χ2v) is 12.4. The van der Waals surface area contributed by atoms with E-state index in [1.807, 2.05) is 0 Å². The SMILES string of the molecule is CCCCCCCCCCCCCCCCOCC(COP)OCCCCCCCCCCCCCCCC. The summed E-state index contributed by atoms with van der Waals surface area (Å²) in [6.07, 6.45) is 39.0. The Balaban J connectivity index is 3.35. The summed E-state index contributed by atoms with van der Waals surface area (Å²) in [5, 5.41) is 0. The molecule has 2 atom stereocenters. The van der Waals surface area contributed by atoms with E-state index in [1.165, 1.54) is 173 Å². The molecule has 0 aliphatic carbocycles. The fourth-order valence-corrected chi connectivity index (χ4v) is 5.63. The molecule has 2 unspecified atom stereocenters. The standard InChI is InChI=1S/C35H73O3P/c1-3-5-7-9-11-13-15-17-19-21-23-25-27-29-31-36-33-35(34-38-39)37-32-30-28-26-24-22-20-18-16-14-12-10-8-6-4-2/h35H,3-34,39H2,1-2H3. The van der Waals surface area contributed by atoms with Gasteiger partial charge in [-0.05, 0) is 12.8 Å². The Hall–Kier alpha value is 0.310. The monoisotopic (exact) mass is 573 g/mol. The topological polar surface area (TPSA) is 27.7 Å². The zero-order valence-corrected chi connectivity index (χ0v) is 28.2. The van der Waals surface area contributed by atoms with Crippen molar-refractivity contribution in [2.45, 2.75) is 200 Å². The highest BCUT2D eigenvalue weighted by Crippen LogP contribution is 2.14. The molecular weight excluding hydrogens is 499 g/mol. The van der Waals surface area contributed by atoms with Crippen LogP contribution in [0.2, 0.25) is 0 Å². The van der Waals surface area contributed by atoms with Gasteiger partial charge >= 0.3 is 0 Å². The van der Waals surface area contributed by atoms with Crippen LogP contribution in [0.15, 0.2) is 0 Å². The van der Waals surface area contributed by atoms with Crippen LogP contribution < -0.4 is 0 Å². The van der Waals surface area contributed by atoms with Gasteiger partial charge in [-0.15, -0.1) is 0 Å². The smallest absolute Gasteiger partial charge is 0.104 e. The zero-order valence-electron chi connectivity index (χ0n) is 27.0. The largest absolute Gasteiger partial charge is 0.379 e. The zero-order chi connectivity index (χ0) is 28.3. The molecule has 0 saturated heterocycles. The molecule has 0 radical (unpaired) electrons. The number of rotatable bonds is 35. The summed E-state index contributed by atoms with van der Waals surface area (Å²) in [6, 6.07) is 0. The highest BCUT2D eigenvalue weighted by atomic mass is 31.0. The Morgan fingerprint density at radius 2 is 0.692 bits per heavy atom. The summed E-state index contributed by atoms with van der Waals surface area (Å²) in [4.78, 5) is 0. The summed E-state index contributed by atoms with van der Waals surface area (Å²) in [5.41, 5.74) is 0. The van der Waals surface area contributed by atoms with Gasteiger partial charge in [-0.1, -0.05) is 181 Å². The van der Waals surface area contributed by atoms with Gasteiger partial charge in [0.25, 0.3) is 0 Å². The molecule has 0 heterocycles. The van der Waals surface area contributed by atoms with Crippen LogP contribution in [-0.2, 0) is 14.0 Å². The van der Waals surface area contributed by atoms with Crippen LogP contribution in [0.5, 0.6) is 0 Å². The van der Waals surface area contributed by atoms with Gasteiger partial charge < -0.3 is 14.0 Å². The summed E-state index contributed by atoms with van der Waals surface area (Å²) in [5.74, 6) is 0. The van der Waals surface area contributed by atoms with Gasteiger partial charge in [-0.2, -0.15) is 0 Å². The Bertz CT molecular complexity index is 421. The highest BCUT2D eigenvalue weighted by molar-refractivity contribution is 7.09. The minimum atomic E-state index is 0.0658. The third-order valence-corrected chi connectivity index (χ3v) is 8.27. The number of ether oxygens (including phenoxy) is 2. The first-order valence-corrected chi connectivity index (χ1v) is 18.3. The molecule has 0 amide bonds. The van der Waals surface area contributed by atoms with E-state index in [9.17, 15) is 0 Å². The fourth-order valence-electron chi connectivity index (χ4n) is 5.41. The predicted molar refractivity (Wildman–Crippen MR) is 177 cm³/mol. The molecule has 3 nitrogen and oxygen atoms in total. The number of hydrogen-bond acceptors (Lipinski definition) is 3. The van der Waals surface area contributed by atoms with Crippen LogP contribution in [0.3, 0.4) is 0 Å². The molecule has 0 saturated carbocycles.